The van der Waals surface area contributed by atoms with Crippen LogP contribution in [0.15, 0.2) is 18.2 Å². The van der Waals surface area contributed by atoms with Crippen LogP contribution >= 0.6 is 0 Å². The molecule has 0 aliphatic rings. The molecule has 5 nitrogen and oxygen atoms in total. The summed E-state index contributed by atoms with van der Waals surface area (Å²) in [6, 6.07) is 5.00. The van der Waals surface area contributed by atoms with Gasteiger partial charge in [0, 0.05) is 11.9 Å². The van der Waals surface area contributed by atoms with Crippen LogP contribution in [0.25, 0.3) is 10.9 Å². The van der Waals surface area contributed by atoms with Gasteiger partial charge in [0.25, 0.3) is 0 Å². The fraction of sp³-hybridized carbons (Fsp3) is 0.273. The molecule has 0 aliphatic heterocycles. The van der Waals surface area contributed by atoms with Crippen LogP contribution in [0.2, 0.25) is 0 Å². The van der Waals surface area contributed by atoms with Crippen molar-refractivity contribution >= 4 is 16.9 Å². The number of nitrogens with zero attached hydrogens (tertiary/aromatic N) is 2. The van der Waals surface area contributed by atoms with E-state index in [2.05, 4.69) is 5.10 Å². The summed E-state index contributed by atoms with van der Waals surface area (Å²) in [6.07, 6.45) is 0. The van der Waals surface area contributed by atoms with Gasteiger partial charge in [-0.25, -0.2) is 4.79 Å². The van der Waals surface area contributed by atoms with Crippen molar-refractivity contribution in [1.29, 1.82) is 0 Å². The van der Waals surface area contributed by atoms with Gasteiger partial charge in [0.1, 0.15) is 0 Å². The highest BCUT2D eigenvalue weighted by Gasteiger charge is 2.10. The molecule has 0 amide bonds. The summed E-state index contributed by atoms with van der Waals surface area (Å²) in [5.74, 6) is -0.923. The van der Waals surface area contributed by atoms with Crippen LogP contribution in [0.5, 0.6) is 0 Å². The van der Waals surface area contributed by atoms with Crippen LogP contribution in [0.3, 0.4) is 0 Å². The topological polar surface area (TPSA) is 81.1 Å². The third-order valence-electron chi connectivity index (χ3n) is 2.52. The Morgan fingerprint density at radius 2 is 2.31 bits per heavy atom. The van der Waals surface area contributed by atoms with E-state index in [0.29, 0.717) is 13.1 Å². The van der Waals surface area contributed by atoms with Crippen molar-refractivity contribution in [3.05, 3.63) is 29.5 Å². The molecular weight excluding hydrogens is 206 g/mol. The number of aromatic carboxylic acids is 1. The Balaban J connectivity index is 2.61. The highest BCUT2D eigenvalue weighted by atomic mass is 16.4. The van der Waals surface area contributed by atoms with E-state index in [9.17, 15) is 4.79 Å². The predicted octanol–water partition coefficient (Wildman–Crippen LogP) is 1.00. The zero-order valence-corrected chi connectivity index (χ0v) is 8.97. The minimum atomic E-state index is -0.923. The van der Waals surface area contributed by atoms with E-state index < -0.39 is 5.97 Å². The quantitative estimate of drug-likeness (QED) is 0.807. The second-order valence-electron chi connectivity index (χ2n) is 3.63. The van der Waals surface area contributed by atoms with Crippen LogP contribution in [-0.4, -0.2) is 27.4 Å². The monoisotopic (exact) mass is 219 g/mol. The molecule has 0 saturated carbocycles. The van der Waals surface area contributed by atoms with Crippen molar-refractivity contribution in [2.75, 3.05) is 6.54 Å². The fourth-order valence-electron chi connectivity index (χ4n) is 1.77. The van der Waals surface area contributed by atoms with Crippen molar-refractivity contribution in [2.24, 2.45) is 5.73 Å². The Labute approximate surface area is 92.5 Å². The number of aromatic nitrogens is 2. The first-order valence-corrected chi connectivity index (χ1v) is 5.04. The molecule has 16 heavy (non-hydrogen) atoms. The molecule has 0 bridgehead atoms. The number of nitrogens with two attached hydrogens (primary N) is 1. The molecule has 2 rings (SSSR count). The number of benzene rings is 1. The third kappa shape index (κ3) is 1.65. The summed E-state index contributed by atoms with van der Waals surface area (Å²) in [7, 11) is 0. The molecule has 1 aromatic heterocycles. The highest BCUT2D eigenvalue weighted by Crippen LogP contribution is 2.19. The van der Waals surface area contributed by atoms with Gasteiger partial charge in [-0.3, -0.25) is 4.68 Å². The maximum absolute atomic E-state index is 10.8. The highest BCUT2D eigenvalue weighted by molar-refractivity contribution is 5.94. The largest absolute Gasteiger partial charge is 0.478 e. The van der Waals surface area contributed by atoms with E-state index in [0.717, 1.165) is 16.6 Å². The first-order valence-electron chi connectivity index (χ1n) is 5.04. The Kier molecular flexibility index (Phi) is 2.62. The summed E-state index contributed by atoms with van der Waals surface area (Å²) < 4.78 is 1.80. The van der Waals surface area contributed by atoms with Crippen LogP contribution < -0.4 is 5.73 Å². The van der Waals surface area contributed by atoms with Gasteiger partial charge >= 0.3 is 5.97 Å². The van der Waals surface area contributed by atoms with E-state index in [1.807, 2.05) is 6.92 Å². The van der Waals surface area contributed by atoms with Gasteiger partial charge < -0.3 is 10.8 Å². The summed E-state index contributed by atoms with van der Waals surface area (Å²) in [6.45, 7) is 3.01. The molecule has 0 unspecified atom stereocenters. The molecule has 0 aliphatic carbocycles. The number of carboxylic acid groups (broad SMARTS) is 1. The normalized spacial score (nSPS) is 10.9. The first kappa shape index (κ1) is 10.6. The van der Waals surface area contributed by atoms with Gasteiger partial charge in [-0.1, -0.05) is 0 Å². The van der Waals surface area contributed by atoms with Gasteiger partial charge in [-0.15, -0.1) is 0 Å². The van der Waals surface area contributed by atoms with Crippen molar-refractivity contribution in [1.82, 2.24) is 9.78 Å². The number of aryl methyl sites for hydroxylation is 1. The fourth-order valence-corrected chi connectivity index (χ4v) is 1.77. The SMILES string of the molecule is Cc1nn(CCN)c2ccc(C(=O)O)cc12. The molecule has 0 saturated heterocycles. The predicted molar refractivity (Wildman–Crippen MR) is 60.5 cm³/mol. The Morgan fingerprint density at radius 3 is 2.94 bits per heavy atom. The average molecular weight is 219 g/mol. The summed E-state index contributed by atoms with van der Waals surface area (Å²) in [4.78, 5) is 10.8. The lowest BCUT2D eigenvalue weighted by Crippen LogP contribution is -2.10. The van der Waals surface area contributed by atoms with Gasteiger partial charge in [0.2, 0.25) is 0 Å². The van der Waals surface area contributed by atoms with E-state index in [4.69, 9.17) is 10.8 Å². The van der Waals surface area contributed by atoms with Gasteiger partial charge in [0.05, 0.1) is 23.3 Å². The summed E-state index contributed by atoms with van der Waals surface area (Å²) in [5.41, 5.74) is 7.51. The van der Waals surface area contributed by atoms with Gasteiger partial charge in [-0.2, -0.15) is 5.10 Å². The second kappa shape index (κ2) is 3.94. The number of hydrogen-bond donors (Lipinski definition) is 2. The Hall–Kier alpha value is -1.88. The Morgan fingerprint density at radius 1 is 1.56 bits per heavy atom. The maximum Gasteiger partial charge on any atom is 0.335 e. The molecule has 3 N–H and O–H groups in total. The minimum Gasteiger partial charge on any atom is -0.478 e. The smallest absolute Gasteiger partial charge is 0.335 e. The third-order valence-corrected chi connectivity index (χ3v) is 2.52. The lowest BCUT2D eigenvalue weighted by Gasteiger charge is -2.00. The van der Waals surface area contributed by atoms with Crippen LogP contribution in [0, 0.1) is 6.92 Å². The molecule has 0 atom stereocenters. The number of hydrogen-bond acceptors (Lipinski definition) is 3. The average Bonchev–Trinajstić information content (AvgIpc) is 2.56. The van der Waals surface area contributed by atoms with Crippen molar-refractivity contribution in [3.8, 4) is 0 Å². The van der Waals surface area contributed by atoms with Crippen molar-refractivity contribution in [3.63, 3.8) is 0 Å². The van der Waals surface area contributed by atoms with Crippen LogP contribution in [0.4, 0.5) is 0 Å². The molecule has 1 aromatic carbocycles. The molecule has 84 valence electrons. The second-order valence-corrected chi connectivity index (χ2v) is 3.63. The standard InChI is InChI=1S/C11H13N3O2/c1-7-9-6-8(11(15)16)2-3-10(9)14(13-7)5-4-12/h2-3,6H,4-5,12H2,1H3,(H,15,16). The lowest BCUT2D eigenvalue weighted by atomic mass is 10.1. The van der Waals surface area contributed by atoms with E-state index in [-0.39, 0.29) is 5.56 Å². The van der Waals surface area contributed by atoms with Crippen molar-refractivity contribution in [2.45, 2.75) is 13.5 Å². The molecule has 0 radical (unpaired) electrons. The molecular formula is C11H13N3O2. The van der Waals surface area contributed by atoms with E-state index in [1.165, 1.54) is 0 Å². The number of carbonyl (C=O) groups is 1. The number of rotatable bonds is 3. The maximum atomic E-state index is 10.8. The van der Waals surface area contributed by atoms with Crippen LogP contribution in [-0.2, 0) is 6.54 Å². The molecule has 5 heteroatoms. The van der Waals surface area contributed by atoms with Gasteiger partial charge in [0.15, 0.2) is 0 Å². The summed E-state index contributed by atoms with van der Waals surface area (Å²) >= 11 is 0. The molecule has 2 aromatic rings. The van der Waals surface area contributed by atoms with Gasteiger partial charge in [-0.05, 0) is 25.1 Å². The lowest BCUT2D eigenvalue weighted by molar-refractivity contribution is 0.0697. The summed E-state index contributed by atoms with van der Waals surface area (Å²) in [5, 5.41) is 14.1. The molecule has 1 heterocycles. The number of fused-ring (bicyclic) bond motifs is 1. The zero-order valence-electron chi connectivity index (χ0n) is 8.97. The minimum absolute atomic E-state index is 0.280. The van der Waals surface area contributed by atoms with Crippen molar-refractivity contribution < 1.29 is 9.90 Å². The Bertz CT molecular complexity index is 545. The van der Waals surface area contributed by atoms with E-state index >= 15 is 0 Å². The first-order chi connectivity index (χ1) is 7.63. The van der Waals surface area contributed by atoms with Crippen LogP contribution in [0.1, 0.15) is 16.1 Å². The molecule has 0 fully saturated rings. The zero-order chi connectivity index (χ0) is 11.7. The number of carboxylic acids is 1. The molecule has 0 spiro atoms. The van der Waals surface area contributed by atoms with E-state index in [1.54, 1.807) is 22.9 Å².